The van der Waals surface area contributed by atoms with E-state index in [9.17, 15) is 18.9 Å². The van der Waals surface area contributed by atoms with Crippen molar-refractivity contribution in [2.75, 3.05) is 0 Å². The summed E-state index contributed by atoms with van der Waals surface area (Å²) < 4.78 is 27.0. The van der Waals surface area contributed by atoms with E-state index in [1.54, 1.807) is 0 Å². The van der Waals surface area contributed by atoms with Crippen molar-refractivity contribution in [3.8, 4) is 0 Å². The molecule has 0 amide bonds. The fraction of sp³-hybridized carbons (Fsp3) is 0.600. The average Bonchev–Trinajstić information content (AvgIpc) is 2.36. The molecule has 6 heteroatoms. The number of benzene rings is 1. The fourth-order valence-electron chi connectivity index (χ4n) is 3.22. The molecule has 4 nitrogen and oxygen atoms in total. The van der Waals surface area contributed by atoms with Crippen LogP contribution in [0.3, 0.4) is 0 Å². The molecule has 2 unspecified atom stereocenters. The van der Waals surface area contributed by atoms with Gasteiger partial charge >= 0.3 is 5.69 Å². The summed E-state index contributed by atoms with van der Waals surface area (Å²) in [4.78, 5) is 9.87. The lowest BCUT2D eigenvalue weighted by atomic mass is 9.80. The zero-order valence-corrected chi connectivity index (χ0v) is 12.2. The fourth-order valence-corrected chi connectivity index (χ4v) is 3.22. The predicted molar refractivity (Wildman–Crippen MR) is 75.8 cm³/mol. The van der Waals surface area contributed by atoms with Crippen molar-refractivity contribution in [2.24, 2.45) is 11.8 Å². The van der Waals surface area contributed by atoms with E-state index in [0.29, 0.717) is 17.9 Å². The lowest BCUT2D eigenvalue weighted by Crippen LogP contribution is -2.36. The maximum Gasteiger partial charge on any atom is 0.305 e. The molecule has 2 rings (SSSR count). The Balaban J connectivity index is 2.06. The van der Waals surface area contributed by atoms with Crippen LogP contribution in [-0.4, -0.2) is 11.0 Å². The first-order chi connectivity index (χ1) is 9.86. The zero-order chi connectivity index (χ0) is 15.6. The molecule has 0 heterocycles. The number of nitro benzene ring substituents is 1. The second kappa shape index (κ2) is 6.47. The van der Waals surface area contributed by atoms with Gasteiger partial charge in [0.2, 0.25) is 5.82 Å². The van der Waals surface area contributed by atoms with E-state index in [0.717, 1.165) is 18.9 Å². The van der Waals surface area contributed by atoms with Gasteiger partial charge in [0.05, 0.1) is 4.92 Å². The Bertz CT molecular complexity index is 527. The van der Waals surface area contributed by atoms with Crippen molar-refractivity contribution in [3.63, 3.8) is 0 Å². The molecule has 21 heavy (non-hydrogen) atoms. The van der Waals surface area contributed by atoms with E-state index in [4.69, 9.17) is 0 Å². The molecule has 0 radical (unpaired) electrons. The van der Waals surface area contributed by atoms with E-state index in [-0.39, 0.29) is 18.2 Å². The number of rotatable bonds is 4. The van der Waals surface area contributed by atoms with Gasteiger partial charge in [0, 0.05) is 30.3 Å². The molecule has 0 aromatic heterocycles. The van der Waals surface area contributed by atoms with E-state index >= 15 is 0 Å². The van der Waals surface area contributed by atoms with Gasteiger partial charge in [-0.05, 0) is 31.1 Å². The Morgan fingerprint density at radius 1 is 1.19 bits per heavy atom. The molecule has 0 aliphatic heterocycles. The van der Waals surface area contributed by atoms with Crippen molar-refractivity contribution in [3.05, 3.63) is 39.4 Å². The highest BCUT2D eigenvalue weighted by Gasteiger charge is 2.24. The Labute approximate surface area is 122 Å². The lowest BCUT2D eigenvalue weighted by Gasteiger charge is -2.32. The first-order valence-electron chi connectivity index (χ1n) is 7.22. The van der Waals surface area contributed by atoms with Crippen LogP contribution in [0.15, 0.2) is 12.1 Å². The van der Waals surface area contributed by atoms with Gasteiger partial charge in [0.15, 0.2) is 0 Å². The molecule has 1 saturated carbocycles. The predicted octanol–water partition coefficient (Wildman–Crippen LogP) is 3.79. The van der Waals surface area contributed by atoms with Gasteiger partial charge in [-0.15, -0.1) is 0 Å². The van der Waals surface area contributed by atoms with Crippen LogP contribution in [0.5, 0.6) is 0 Å². The van der Waals surface area contributed by atoms with Crippen molar-refractivity contribution >= 4 is 5.69 Å². The van der Waals surface area contributed by atoms with Crippen molar-refractivity contribution in [1.29, 1.82) is 0 Å². The molecule has 0 saturated heterocycles. The van der Waals surface area contributed by atoms with Gasteiger partial charge in [-0.3, -0.25) is 10.1 Å². The van der Waals surface area contributed by atoms with Gasteiger partial charge in [-0.25, -0.2) is 4.39 Å². The topological polar surface area (TPSA) is 55.2 Å². The second-order valence-electron chi connectivity index (χ2n) is 6.15. The summed E-state index contributed by atoms with van der Waals surface area (Å²) in [6, 6.07) is 1.83. The normalized spacial score (nSPS) is 25.8. The third-order valence-electron chi connectivity index (χ3n) is 4.07. The smallest absolute Gasteiger partial charge is 0.305 e. The molecule has 0 bridgehead atoms. The number of hydrogen-bond acceptors (Lipinski definition) is 3. The molecular weight excluding hydrogens is 278 g/mol. The summed E-state index contributed by atoms with van der Waals surface area (Å²) in [5, 5.41) is 13.9. The summed E-state index contributed by atoms with van der Waals surface area (Å²) >= 11 is 0. The van der Waals surface area contributed by atoms with Crippen LogP contribution in [0.25, 0.3) is 0 Å². The summed E-state index contributed by atoms with van der Waals surface area (Å²) in [5.74, 6) is -0.666. The average molecular weight is 298 g/mol. The molecule has 2 atom stereocenters. The maximum atomic E-state index is 13.7. The monoisotopic (exact) mass is 298 g/mol. The molecule has 1 aliphatic carbocycles. The summed E-state index contributed by atoms with van der Waals surface area (Å²) in [7, 11) is 0. The van der Waals surface area contributed by atoms with Crippen LogP contribution >= 0.6 is 0 Å². The zero-order valence-electron chi connectivity index (χ0n) is 12.2. The molecule has 1 N–H and O–H groups in total. The summed E-state index contributed by atoms with van der Waals surface area (Å²) in [6.07, 6.45) is 3.21. The van der Waals surface area contributed by atoms with Crippen molar-refractivity contribution < 1.29 is 13.7 Å². The third kappa shape index (κ3) is 3.97. The Morgan fingerprint density at radius 2 is 1.81 bits per heavy atom. The Kier molecular flexibility index (Phi) is 4.88. The van der Waals surface area contributed by atoms with E-state index in [2.05, 4.69) is 19.2 Å². The minimum absolute atomic E-state index is 0.133. The SMILES string of the molecule is CC1CC(C)CC(NCc2cc([N+](=O)[O-])c(F)cc2F)C1. The largest absolute Gasteiger partial charge is 0.310 e. The highest BCUT2D eigenvalue weighted by Crippen LogP contribution is 2.29. The Hall–Kier alpha value is -1.56. The van der Waals surface area contributed by atoms with E-state index < -0.39 is 22.2 Å². The molecule has 0 spiro atoms. The van der Waals surface area contributed by atoms with Gasteiger partial charge in [0.1, 0.15) is 5.82 Å². The van der Waals surface area contributed by atoms with E-state index in [1.165, 1.54) is 6.42 Å². The summed E-state index contributed by atoms with van der Waals surface area (Å²) in [6.45, 7) is 4.55. The van der Waals surface area contributed by atoms with Gasteiger partial charge < -0.3 is 5.32 Å². The van der Waals surface area contributed by atoms with Gasteiger partial charge in [-0.2, -0.15) is 4.39 Å². The highest BCUT2D eigenvalue weighted by molar-refractivity contribution is 5.37. The van der Waals surface area contributed by atoms with Gasteiger partial charge in [-0.1, -0.05) is 13.8 Å². The molecular formula is C15H20F2N2O2. The second-order valence-corrected chi connectivity index (χ2v) is 6.15. The van der Waals surface area contributed by atoms with Crippen LogP contribution in [0.4, 0.5) is 14.5 Å². The molecule has 1 aromatic rings. The first kappa shape index (κ1) is 15.8. The minimum atomic E-state index is -1.14. The number of nitrogens with zero attached hydrogens (tertiary/aromatic N) is 1. The Morgan fingerprint density at radius 3 is 2.38 bits per heavy atom. The first-order valence-corrected chi connectivity index (χ1v) is 7.22. The van der Waals surface area contributed by atoms with Crippen LogP contribution in [0, 0.1) is 33.6 Å². The van der Waals surface area contributed by atoms with Crippen LogP contribution in [0.2, 0.25) is 0 Å². The lowest BCUT2D eigenvalue weighted by molar-refractivity contribution is -0.387. The molecule has 1 aromatic carbocycles. The van der Waals surface area contributed by atoms with Crippen molar-refractivity contribution in [1.82, 2.24) is 5.32 Å². The number of nitro groups is 1. The third-order valence-corrected chi connectivity index (χ3v) is 4.07. The standard InChI is InChI=1S/C15H20F2N2O2/c1-9-3-10(2)5-12(4-9)18-8-11-6-15(19(20)21)14(17)7-13(11)16/h6-7,9-10,12,18H,3-5,8H2,1-2H3. The van der Waals surface area contributed by atoms with Gasteiger partial charge in [0.25, 0.3) is 0 Å². The van der Waals surface area contributed by atoms with Crippen LogP contribution in [-0.2, 0) is 6.54 Å². The van der Waals surface area contributed by atoms with Crippen LogP contribution < -0.4 is 5.32 Å². The maximum absolute atomic E-state index is 13.7. The van der Waals surface area contributed by atoms with Crippen LogP contribution in [0.1, 0.15) is 38.7 Å². The number of nitrogens with one attached hydrogen (secondary N) is 1. The minimum Gasteiger partial charge on any atom is -0.310 e. The van der Waals surface area contributed by atoms with Crippen molar-refractivity contribution in [2.45, 2.75) is 45.7 Å². The highest BCUT2D eigenvalue weighted by atomic mass is 19.1. The number of hydrogen-bond donors (Lipinski definition) is 1. The van der Waals surface area contributed by atoms with E-state index in [1.807, 2.05) is 0 Å². The quantitative estimate of drug-likeness (QED) is 0.679. The molecule has 116 valence electrons. The molecule has 1 fully saturated rings. The molecule has 1 aliphatic rings. The number of halogens is 2. The summed E-state index contributed by atoms with van der Waals surface area (Å²) in [5.41, 5.74) is -0.549.